The molecule has 0 aliphatic heterocycles. The van der Waals surface area contributed by atoms with E-state index in [2.05, 4.69) is 15.1 Å². The average molecular weight is 399 g/mol. The van der Waals surface area contributed by atoms with E-state index in [4.69, 9.17) is 4.52 Å². The number of thiazole rings is 1. The maximum absolute atomic E-state index is 12.6. The van der Waals surface area contributed by atoms with Gasteiger partial charge in [-0.3, -0.25) is 4.79 Å². The van der Waals surface area contributed by atoms with Crippen molar-refractivity contribution in [3.63, 3.8) is 0 Å². The van der Waals surface area contributed by atoms with Gasteiger partial charge in [0.05, 0.1) is 16.3 Å². The van der Waals surface area contributed by atoms with Crippen LogP contribution in [-0.2, 0) is 11.2 Å². The maximum Gasteiger partial charge on any atom is 0.227 e. The molecule has 0 fully saturated rings. The summed E-state index contributed by atoms with van der Waals surface area (Å²) in [7, 11) is 1.81. The third kappa shape index (κ3) is 3.77. The fraction of sp³-hybridized carbons (Fsp3) is 0.263. The summed E-state index contributed by atoms with van der Waals surface area (Å²) in [5.41, 5.74) is 1.90. The molecule has 0 radical (unpaired) electrons. The quantitative estimate of drug-likeness (QED) is 0.476. The Kier molecular flexibility index (Phi) is 5.00. The van der Waals surface area contributed by atoms with E-state index in [-0.39, 0.29) is 11.9 Å². The number of nitrogens with zero attached hydrogens (tertiary/aromatic N) is 4. The van der Waals surface area contributed by atoms with Crippen molar-refractivity contribution in [1.82, 2.24) is 20.0 Å². The molecule has 1 atom stereocenters. The average Bonchev–Trinajstić information content (AvgIpc) is 3.44. The minimum Gasteiger partial charge on any atom is -0.339 e. The molecule has 8 heteroatoms. The van der Waals surface area contributed by atoms with Crippen LogP contribution in [0.5, 0.6) is 0 Å². The van der Waals surface area contributed by atoms with Crippen molar-refractivity contribution in [3.8, 4) is 11.4 Å². The summed E-state index contributed by atoms with van der Waals surface area (Å²) in [4.78, 5) is 23.3. The molecule has 0 saturated carbocycles. The monoisotopic (exact) mass is 398 g/mol. The van der Waals surface area contributed by atoms with Crippen molar-refractivity contribution >= 4 is 38.8 Å². The Labute approximate surface area is 164 Å². The first-order valence-corrected chi connectivity index (χ1v) is 10.3. The van der Waals surface area contributed by atoms with Crippen LogP contribution in [0.3, 0.4) is 0 Å². The van der Waals surface area contributed by atoms with E-state index >= 15 is 0 Å². The molecular formula is C19H18N4O2S2. The van der Waals surface area contributed by atoms with Gasteiger partial charge in [0, 0.05) is 30.8 Å². The van der Waals surface area contributed by atoms with Gasteiger partial charge in [0.1, 0.15) is 5.01 Å². The van der Waals surface area contributed by atoms with E-state index in [0.29, 0.717) is 24.6 Å². The van der Waals surface area contributed by atoms with Crippen LogP contribution in [0.25, 0.3) is 21.6 Å². The second-order valence-electron chi connectivity index (χ2n) is 6.22. The van der Waals surface area contributed by atoms with E-state index in [0.717, 1.165) is 20.8 Å². The summed E-state index contributed by atoms with van der Waals surface area (Å²) in [6.07, 6.45) is 0.740. The highest BCUT2D eigenvalue weighted by atomic mass is 32.1. The predicted octanol–water partition coefficient (Wildman–Crippen LogP) is 4.56. The van der Waals surface area contributed by atoms with Crippen LogP contribution in [0.2, 0.25) is 0 Å². The number of para-hydroxylation sites is 1. The van der Waals surface area contributed by atoms with E-state index in [1.54, 1.807) is 27.6 Å². The SMILES string of the molecule is C[C@@H](c1nc2ccccc2s1)N(C)C(=O)CCc1nc(-c2ccsc2)no1. The lowest BCUT2D eigenvalue weighted by Crippen LogP contribution is -2.29. The van der Waals surface area contributed by atoms with Crippen LogP contribution in [0, 0.1) is 0 Å². The summed E-state index contributed by atoms with van der Waals surface area (Å²) >= 11 is 3.20. The minimum atomic E-state index is -0.0843. The molecule has 0 N–H and O–H groups in total. The second-order valence-corrected chi connectivity index (χ2v) is 8.07. The smallest absolute Gasteiger partial charge is 0.227 e. The van der Waals surface area contributed by atoms with Gasteiger partial charge in [0.15, 0.2) is 0 Å². The zero-order valence-electron chi connectivity index (χ0n) is 15.0. The Morgan fingerprint density at radius 2 is 2.11 bits per heavy atom. The highest BCUT2D eigenvalue weighted by Gasteiger charge is 2.21. The van der Waals surface area contributed by atoms with Crippen LogP contribution >= 0.6 is 22.7 Å². The Balaban J connectivity index is 1.38. The topological polar surface area (TPSA) is 72.1 Å². The van der Waals surface area contributed by atoms with Gasteiger partial charge in [-0.05, 0) is 30.5 Å². The first-order valence-electron chi connectivity index (χ1n) is 8.58. The Hall–Kier alpha value is -2.58. The van der Waals surface area contributed by atoms with Gasteiger partial charge in [0.2, 0.25) is 17.6 Å². The third-order valence-electron chi connectivity index (χ3n) is 4.44. The standard InChI is InChI=1S/C19H18N4O2S2/c1-12(19-20-14-5-3-4-6-15(14)27-19)23(2)17(24)8-7-16-21-18(22-25-16)13-9-10-26-11-13/h3-6,9-12H,7-8H2,1-2H3/t12-/m0/s1. The lowest BCUT2D eigenvalue weighted by Gasteiger charge is -2.23. The lowest BCUT2D eigenvalue weighted by atomic mass is 10.2. The first-order chi connectivity index (χ1) is 13.1. The van der Waals surface area contributed by atoms with Crippen LogP contribution in [0.15, 0.2) is 45.6 Å². The second kappa shape index (κ2) is 7.58. The van der Waals surface area contributed by atoms with Crippen molar-refractivity contribution in [2.75, 3.05) is 7.05 Å². The molecule has 3 heterocycles. The number of aryl methyl sites for hydroxylation is 1. The molecule has 0 bridgehead atoms. The van der Waals surface area contributed by atoms with Crippen LogP contribution in [0.4, 0.5) is 0 Å². The van der Waals surface area contributed by atoms with Crippen molar-refractivity contribution < 1.29 is 9.32 Å². The molecule has 1 amide bonds. The summed E-state index contributed by atoms with van der Waals surface area (Å²) in [5, 5.41) is 8.84. The third-order valence-corrected chi connectivity index (χ3v) is 6.33. The van der Waals surface area contributed by atoms with Crippen LogP contribution in [0.1, 0.15) is 30.3 Å². The number of aromatic nitrogens is 3. The molecule has 3 aromatic heterocycles. The zero-order valence-corrected chi connectivity index (χ0v) is 16.6. The molecule has 4 rings (SSSR count). The van der Waals surface area contributed by atoms with Gasteiger partial charge in [-0.25, -0.2) is 4.98 Å². The molecule has 0 unspecified atom stereocenters. The molecule has 27 heavy (non-hydrogen) atoms. The number of carbonyl (C=O) groups is 1. The fourth-order valence-electron chi connectivity index (χ4n) is 2.71. The van der Waals surface area contributed by atoms with E-state index in [1.807, 2.05) is 55.1 Å². The van der Waals surface area contributed by atoms with Crippen LogP contribution in [-0.4, -0.2) is 33.0 Å². The largest absolute Gasteiger partial charge is 0.339 e. The molecule has 0 aliphatic carbocycles. The predicted molar refractivity (Wildman–Crippen MR) is 107 cm³/mol. The first kappa shape index (κ1) is 17.8. The van der Waals surface area contributed by atoms with Crippen molar-refractivity contribution in [3.05, 3.63) is 52.0 Å². The molecule has 6 nitrogen and oxygen atoms in total. The summed E-state index contributed by atoms with van der Waals surface area (Å²) < 4.78 is 6.40. The van der Waals surface area contributed by atoms with Gasteiger partial charge in [0.25, 0.3) is 0 Å². The van der Waals surface area contributed by atoms with Gasteiger partial charge < -0.3 is 9.42 Å². The van der Waals surface area contributed by atoms with E-state index in [1.165, 1.54) is 0 Å². The summed E-state index contributed by atoms with van der Waals surface area (Å²) in [5.74, 6) is 1.07. The zero-order chi connectivity index (χ0) is 18.8. The summed E-state index contributed by atoms with van der Waals surface area (Å²) in [6.45, 7) is 2.00. The van der Waals surface area contributed by atoms with E-state index < -0.39 is 0 Å². The Bertz CT molecular complexity index is 1020. The minimum absolute atomic E-state index is 0.0250. The molecule has 138 valence electrons. The van der Waals surface area contributed by atoms with Gasteiger partial charge >= 0.3 is 0 Å². The Morgan fingerprint density at radius 1 is 1.26 bits per heavy atom. The normalized spacial score (nSPS) is 12.4. The van der Waals surface area contributed by atoms with Gasteiger partial charge in [-0.15, -0.1) is 11.3 Å². The van der Waals surface area contributed by atoms with Crippen molar-refractivity contribution in [2.45, 2.75) is 25.8 Å². The number of hydrogen-bond donors (Lipinski definition) is 0. The van der Waals surface area contributed by atoms with E-state index in [9.17, 15) is 4.79 Å². The number of carbonyl (C=O) groups excluding carboxylic acids is 1. The van der Waals surface area contributed by atoms with Gasteiger partial charge in [-0.2, -0.15) is 16.3 Å². The van der Waals surface area contributed by atoms with Crippen LogP contribution < -0.4 is 0 Å². The molecule has 4 aromatic rings. The van der Waals surface area contributed by atoms with Crippen molar-refractivity contribution in [2.24, 2.45) is 0 Å². The van der Waals surface area contributed by atoms with Gasteiger partial charge in [-0.1, -0.05) is 17.3 Å². The molecule has 0 aliphatic rings. The molecule has 0 spiro atoms. The Morgan fingerprint density at radius 3 is 2.89 bits per heavy atom. The molecule has 0 saturated heterocycles. The number of benzene rings is 1. The lowest BCUT2D eigenvalue weighted by molar-refractivity contribution is -0.131. The highest BCUT2D eigenvalue weighted by Crippen LogP contribution is 2.29. The van der Waals surface area contributed by atoms with Crippen molar-refractivity contribution in [1.29, 1.82) is 0 Å². The number of hydrogen-bond acceptors (Lipinski definition) is 7. The maximum atomic E-state index is 12.6. The molecular weight excluding hydrogens is 380 g/mol. The summed E-state index contributed by atoms with van der Waals surface area (Å²) in [6, 6.07) is 9.87. The fourth-order valence-corrected chi connectivity index (χ4v) is 4.40. The number of thiophene rings is 1. The number of fused-ring (bicyclic) bond motifs is 1. The number of rotatable bonds is 6. The molecule has 1 aromatic carbocycles. The number of amides is 1. The highest BCUT2D eigenvalue weighted by molar-refractivity contribution is 7.18.